The average molecular weight is 852 g/mol. The molecular weight excluding hydrogens is 819 g/mol. The van der Waals surface area contributed by atoms with Crippen LogP contribution in [-0.4, -0.2) is 24.1 Å². The third-order valence-corrected chi connectivity index (χ3v) is 15.2. The molecule has 7 heteroatoms. The van der Waals surface area contributed by atoms with Crippen molar-refractivity contribution < 1.29 is 0 Å². The zero-order chi connectivity index (χ0) is 41.9. The molecule has 0 bridgehead atoms. The van der Waals surface area contributed by atoms with Crippen molar-refractivity contribution in [2.45, 2.75) is 0 Å². The zero-order valence-electron chi connectivity index (χ0n) is 34.1. The first-order chi connectivity index (χ1) is 31.7. The van der Waals surface area contributed by atoms with E-state index in [-0.39, 0.29) is 0 Å². The van der Waals surface area contributed by atoms with Crippen molar-refractivity contribution >= 4 is 107 Å². The lowest BCUT2D eigenvalue weighted by atomic mass is 10.1. The second-order valence-corrected chi connectivity index (χ2v) is 18.4. The smallest absolute Gasteiger partial charge is 0.165 e. The summed E-state index contributed by atoms with van der Waals surface area (Å²) in [5.74, 6) is 1.97. The summed E-state index contributed by atoms with van der Waals surface area (Å²) in [6.07, 6.45) is 0. The topological polar surface area (TPSA) is 48.5 Å². The molecule has 0 N–H and O–H groups in total. The molecule has 0 saturated carbocycles. The Hall–Kier alpha value is -7.97. The molecule has 0 atom stereocenters. The molecule has 0 saturated heterocycles. The molecule has 0 unspecified atom stereocenters. The lowest BCUT2D eigenvalue weighted by molar-refractivity contribution is 1.08. The van der Waals surface area contributed by atoms with Gasteiger partial charge in [0.15, 0.2) is 17.5 Å². The summed E-state index contributed by atoms with van der Waals surface area (Å²) < 4.78 is 9.64. The normalized spacial score (nSPS) is 12.1. The van der Waals surface area contributed by atoms with Gasteiger partial charge in [0.2, 0.25) is 0 Å². The minimum atomic E-state index is 0.639. The van der Waals surface area contributed by atoms with Gasteiger partial charge in [0.05, 0.1) is 22.1 Å². The van der Waals surface area contributed by atoms with Gasteiger partial charge in [-0.3, -0.25) is 0 Å². The summed E-state index contributed by atoms with van der Waals surface area (Å²) in [7, 11) is 0. The summed E-state index contributed by atoms with van der Waals surface area (Å²) in [6.45, 7) is 0. The number of nitrogens with zero attached hydrogens (tertiary/aromatic N) is 5. The predicted molar refractivity (Wildman–Crippen MR) is 271 cm³/mol. The summed E-state index contributed by atoms with van der Waals surface area (Å²) in [4.78, 5) is 15.9. The Morgan fingerprint density at radius 3 is 1.25 bits per heavy atom. The van der Waals surface area contributed by atoms with Gasteiger partial charge in [0, 0.05) is 90.0 Å². The Bertz CT molecular complexity index is 4060. The molecule has 5 aromatic heterocycles. The number of benzene rings is 9. The van der Waals surface area contributed by atoms with E-state index in [0.717, 1.165) is 39.1 Å². The maximum atomic E-state index is 5.32. The quantitative estimate of drug-likeness (QED) is 0.173. The summed E-state index contributed by atoms with van der Waals surface area (Å²) in [6, 6.07) is 71.9. The van der Waals surface area contributed by atoms with Crippen molar-refractivity contribution in [3.8, 4) is 45.5 Å². The lowest BCUT2D eigenvalue weighted by Gasteiger charge is -2.12. The van der Waals surface area contributed by atoms with E-state index in [9.17, 15) is 0 Å². The largest absolute Gasteiger partial charge is 0.309 e. The van der Waals surface area contributed by atoms with Crippen LogP contribution >= 0.6 is 22.7 Å². The second-order valence-electron chi connectivity index (χ2n) is 16.3. The van der Waals surface area contributed by atoms with Crippen molar-refractivity contribution in [2.75, 3.05) is 0 Å². The van der Waals surface area contributed by atoms with Crippen molar-refractivity contribution in [1.29, 1.82) is 0 Å². The van der Waals surface area contributed by atoms with Crippen molar-refractivity contribution in [3.63, 3.8) is 0 Å². The number of rotatable bonds is 5. The highest BCUT2D eigenvalue weighted by Crippen LogP contribution is 2.43. The van der Waals surface area contributed by atoms with E-state index in [1.54, 1.807) is 22.7 Å². The van der Waals surface area contributed by atoms with E-state index < -0.39 is 0 Å². The first-order valence-electron chi connectivity index (χ1n) is 21.4. The van der Waals surface area contributed by atoms with Crippen LogP contribution in [0.4, 0.5) is 0 Å². The zero-order valence-corrected chi connectivity index (χ0v) is 35.7. The van der Waals surface area contributed by atoms with Gasteiger partial charge >= 0.3 is 0 Å². The first kappa shape index (κ1) is 35.6. The fourth-order valence-corrected chi connectivity index (χ4v) is 12.3. The van der Waals surface area contributed by atoms with Crippen LogP contribution in [0, 0.1) is 0 Å². The van der Waals surface area contributed by atoms with E-state index in [0.29, 0.717) is 17.5 Å². The molecule has 0 radical (unpaired) electrons. The highest BCUT2D eigenvalue weighted by molar-refractivity contribution is 7.26. The monoisotopic (exact) mass is 851 g/mol. The van der Waals surface area contributed by atoms with Crippen LogP contribution in [0.15, 0.2) is 200 Å². The lowest BCUT2D eigenvalue weighted by Crippen LogP contribution is -2.01. The van der Waals surface area contributed by atoms with E-state index in [1.165, 1.54) is 72.9 Å². The van der Waals surface area contributed by atoms with Crippen LogP contribution in [0.5, 0.6) is 0 Å². The maximum Gasteiger partial charge on any atom is 0.165 e. The van der Waals surface area contributed by atoms with Crippen LogP contribution in [0.3, 0.4) is 0 Å². The predicted octanol–water partition coefficient (Wildman–Crippen LogP) is 15.8. The van der Waals surface area contributed by atoms with E-state index in [1.807, 2.05) is 0 Å². The molecule has 0 fully saturated rings. The second kappa shape index (κ2) is 13.8. The molecule has 0 aliphatic rings. The van der Waals surface area contributed by atoms with Gasteiger partial charge in [-0.2, -0.15) is 0 Å². The number of hydrogen-bond donors (Lipinski definition) is 0. The Morgan fingerprint density at radius 2 is 0.719 bits per heavy atom. The summed E-state index contributed by atoms with van der Waals surface area (Å²) in [5.41, 5.74) is 9.87. The summed E-state index contributed by atoms with van der Waals surface area (Å²) >= 11 is 3.59. The van der Waals surface area contributed by atoms with Crippen LogP contribution < -0.4 is 0 Å². The third-order valence-electron chi connectivity index (χ3n) is 12.8. The number of thiophene rings is 2. The van der Waals surface area contributed by atoms with Gasteiger partial charge in [-0.15, -0.1) is 22.7 Å². The highest BCUT2D eigenvalue weighted by atomic mass is 32.1. The molecule has 0 aliphatic heterocycles. The van der Waals surface area contributed by atoms with Gasteiger partial charge in [-0.1, -0.05) is 115 Å². The fourth-order valence-electron chi connectivity index (χ4n) is 9.92. The molecule has 0 aliphatic carbocycles. The number of fused-ring (bicyclic) bond motifs is 12. The minimum Gasteiger partial charge on any atom is -0.309 e. The SMILES string of the molecule is c1ccc(-n2c3ccccc3c3cc4c(cc32)c2ccccc2n4-c2ccc(-c3nc(-c4cccc5c4sc4ccccc45)nc(-c4cccc5c4sc4ccccc45)n3)cc2)cc1. The minimum absolute atomic E-state index is 0.639. The van der Waals surface area contributed by atoms with Crippen molar-refractivity contribution in [3.05, 3.63) is 200 Å². The molecule has 14 rings (SSSR count). The molecule has 9 aromatic carbocycles. The van der Waals surface area contributed by atoms with Gasteiger partial charge in [-0.05, 0) is 84.9 Å². The van der Waals surface area contributed by atoms with Crippen molar-refractivity contribution in [1.82, 2.24) is 24.1 Å². The summed E-state index contributed by atoms with van der Waals surface area (Å²) in [5, 5.41) is 9.80. The number of aromatic nitrogens is 5. The molecular formula is C57H33N5S2. The molecule has 0 spiro atoms. The van der Waals surface area contributed by atoms with Crippen LogP contribution in [0.1, 0.15) is 0 Å². The Kier molecular flexibility index (Phi) is 7.66. The molecule has 5 nitrogen and oxygen atoms in total. The van der Waals surface area contributed by atoms with Gasteiger partial charge < -0.3 is 9.13 Å². The molecule has 5 heterocycles. The third kappa shape index (κ3) is 5.26. The first-order valence-corrected chi connectivity index (χ1v) is 23.1. The Balaban J connectivity index is 0.966. The molecule has 298 valence electrons. The van der Waals surface area contributed by atoms with Gasteiger partial charge in [0.25, 0.3) is 0 Å². The van der Waals surface area contributed by atoms with E-state index in [4.69, 9.17) is 15.0 Å². The van der Waals surface area contributed by atoms with Crippen LogP contribution in [-0.2, 0) is 0 Å². The molecule has 64 heavy (non-hydrogen) atoms. The van der Waals surface area contributed by atoms with Gasteiger partial charge in [0.1, 0.15) is 0 Å². The van der Waals surface area contributed by atoms with Gasteiger partial charge in [-0.25, -0.2) is 15.0 Å². The highest BCUT2D eigenvalue weighted by Gasteiger charge is 2.21. The molecule has 0 amide bonds. The number of hydrogen-bond acceptors (Lipinski definition) is 5. The molecule has 14 aromatic rings. The van der Waals surface area contributed by atoms with Crippen LogP contribution in [0.2, 0.25) is 0 Å². The van der Waals surface area contributed by atoms with Crippen molar-refractivity contribution in [2.24, 2.45) is 0 Å². The standard InChI is InChI=1S/C57H33N5S2/c1-2-14-35(15-3-1)61-47-24-8-4-16-37(47)45-33-50-46(32-49(45)61)38-17-5-9-25-48(38)62(50)36-30-28-34(29-31-36)55-58-56(43-22-12-20-41-39-18-6-10-26-51(39)63-53(41)43)60-57(59-55)44-23-13-21-42-40-19-7-11-27-52(40)64-54(42)44/h1-33H. The van der Waals surface area contributed by atoms with E-state index >= 15 is 0 Å². The number of para-hydroxylation sites is 3. The van der Waals surface area contributed by atoms with Crippen LogP contribution in [0.25, 0.3) is 129 Å². The van der Waals surface area contributed by atoms with E-state index in [2.05, 4.69) is 209 Å². The fraction of sp³-hybridized carbons (Fsp3) is 0. The maximum absolute atomic E-state index is 5.32. The Morgan fingerprint density at radius 1 is 0.297 bits per heavy atom. The Labute approximate surface area is 374 Å². The average Bonchev–Trinajstić information content (AvgIpc) is 4.11.